The van der Waals surface area contributed by atoms with E-state index >= 15 is 0 Å². The summed E-state index contributed by atoms with van der Waals surface area (Å²) in [5, 5.41) is -0.999. The minimum atomic E-state index is -3.34. The lowest BCUT2D eigenvalue weighted by atomic mass is 10.1. The molecule has 1 rings (SSSR count). The van der Waals surface area contributed by atoms with Crippen LogP contribution in [-0.4, -0.2) is 32.3 Å². The summed E-state index contributed by atoms with van der Waals surface area (Å²) in [4.78, 5) is 11.9. The molecule has 0 aliphatic rings. The van der Waals surface area contributed by atoms with Gasteiger partial charge in [-0.3, -0.25) is 4.79 Å². The highest BCUT2D eigenvalue weighted by Crippen LogP contribution is 2.15. The molecule has 0 aromatic heterocycles. The van der Waals surface area contributed by atoms with Crippen LogP contribution in [-0.2, 0) is 9.84 Å². The first-order chi connectivity index (χ1) is 7.92. The largest absolute Gasteiger partial charge is 0.497 e. The maximum absolute atomic E-state index is 11.9. The normalized spacial score (nSPS) is 13.1. The Kier molecular flexibility index (Phi) is 4.28. The van der Waals surface area contributed by atoms with Gasteiger partial charge in [-0.25, -0.2) is 8.42 Å². The van der Waals surface area contributed by atoms with Gasteiger partial charge in [0.15, 0.2) is 15.6 Å². The Morgan fingerprint density at radius 3 is 2.24 bits per heavy atom. The van der Waals surface area contributed by atoms with E-state index in [0.717, 1.165) is 0 Å². The van der Waals surface area contributed by atoms with Crippen molar-refractivity contribution in [2.45, 2.75) is 19.1 Å². The predicted octanol–water partition coefficient (Wildman–Crippen LogP) is 1.70. The van der Waals surface area contributed by atoms with Crippen LogP contribution in [0.3, 0.4) is 0 Å². The molecule has 17 heavy (non-hydrogen) atoms. The number of benzene rings is 1. The van der Waals surface area contributed by atoms with Crippen molar-refractivity contribution < 1.29 is 17.9 Å². The number of carbonyl (C=O) groups is 1. The second-order valence-electron chi connectivity index (χ2n) is 3.69. The lowest BCUT2D eigenvalue weighted by molar-refractivity contribution is 0.0991. The zero-order valence-electron chi connectivity index (χ0n) is 10.1. The summed E-state index contributed by atoms with van der Waals surface area (Å²) in [6.45, 7) is 2.96. The molecule has 0 radical (unpaired) electrons. The van der Waals surface area contributed by atoms with E-state index in [2.05, 4.69) is 0 Å². The fourth-order valence-electron chi connectivity index (χ4n) is 1.40. The number of hydrogen-bond donors (Lipinski definition) is 0. The van der Waals surface area contributed by atoms with Crippen molar-refractivity contribution in [1.82, 2.24) is 0 Å². The summed E-state index contributed by atoms with van der Waals surface area (Å²) in [6, 6.07) is 6.42. The molecule has 0 spiro atoms. The number of carbonyl (C=O) groups excluding carboxylic acids is 1. The van der Waals surface area contributed by atoms with Gasteiger partial charge in [0.1, 0.15) is 11.0 Å². The number of ketones is 1. The van der Waals surface area contributed by atoms with E-state index in [1.807, 2.05) is 0 Å². The van der Waals surface area contributed by atoms with E-state index in [-0.39, 0.29) is 11.5 Å². The molecular weight excluding hydrogens is 240 g/mol. The highest BCUT2D eigenvalue weighted by molar-refractivity contribution is 7.92. The van der Waals surface area contributed by atoms with Crippen molar-refractivity contribution in [3.63, 3.8) is 0 Å². The maximum atomic E-state index is 11.9. The zero-order chi connectivity index (χ0) is 13.1. The van der Waals surface area contributed by atoms with Gasteiger partial charge >= 0.3 is 0 Å². The monoisotopic (exact) mass is 256 g/mol. The molecule has 4 nitrogen and oxygen atoms in total. The van der Waals surface area contributed by atoms with Crippen LogP contribution in [0.15, 0.2) is 24.3 Å². The quantitative estimate of drug-likeness (QED) is 0.752. The molecule has 0 N–H and O–H groups in total. The van der Waals surface area contributed by atoms with Gasteiger partial charge in [-0.05, 0) is 31.2 Å². The molecule has 0 fully saturated rings. The van der Waals surface area contributed by atoms with Crippen LogP contribution in [0.25, 0.3) is 0 Å². The first kappa shape index (κ1) is 13.7. The Hall–Kier alpha value is -1.36. The molecule has 0 aliphatic heterocycles. The SMILES string of the molecule is CCS(=O)(=O)[C@H](C)C(=O)c1ccc(OC)cc1. The number of hydrogen-bond acceptors (Lipinski definition) is 4. The summed E-state index contributed by atoms with van der Waals surface area (Å²) in [5.41, 5.74) is 0.385. The second kappa shape index (κ2) is 5.31. The Morgan fingerprint density at radius 1 is 1.29 bits per heavy atom. The minimum Gasteiger partial charge on any atom is -0.497 e. The molecule has 0 saturated heterocycles. The third-order valence-electron chi connectivity index (χ3n) is 2.68. The fraction of sp³-hybridized carbons (Fsp3) is 0.417. The standard InChI is InChI=1S/C12H16O4S/c1-4-17(14,15)9(2)12(13)10-5-7-11(16-3)8-6-10/h5-9H,4H2,1-3H3/t9-/m1/s1. The van der Waals surface area contributed by atoms with E-state index in [0.29, 0.717) is 11.3 Å². The Balaban J connectivity index is 2.97. The molecule has 0 amide bonds. The van der Waals surface area contributed by atoms with Crippen LogP contribution < -0.4 is 4.74 Å². The first-order valence-corrected chi connectivity index (χ1v) is 7.03. The number of ether oxygens (including phenoxy) is 1. The van der Waals surface area contributed by atoms with Crippen molar-refractivity contribution in [1.29, 1.82) is 0 Å². The third kappa shape index (κ3) is 3.06. The van der Waals surface area contributed by atoms with Crippen molar-refractivity contribution in [3.8, 4) is 5.75 Å². The van der Waals surface area contributed by atoms with Gasteiger partial charge < -0.3 is 4.74 Å². The lowest BCUT2D eigenvalue weighted by Crippen LogP contribution is -2.28. The van der Waals surface area contributed by atoms with E-state index < -0.39 is 15.1 Å². The average molecular weight is 256 g/mol. The van der Waals surface area contributed by atoms with Crippen LogP contribution in [0.1, 0.15) is 24.2 Å². The number of rotatable bonds is 5. The van der Waals surface area contributed by atoms with Gasteiger partial charge in [0.25, 0.3) is 0 Å². The molecule has 5 heteroatoms. The Labute approximate surface area is 102 Å². The van der Waals surface area contributed by atoms with Crippen molar-refractivity contribution in [2.75, 3.05) is 12.9 Å². The van der Waals surface area contributed by atoms with Crippen LogP contribution in [0.4, 0.5) is 0 Å². The second-order valence-corrected chi connectivity index (χ2v) is 6.30. The molecule has 1 atom stereocenters. The molecule has 0 aliphatic carbocycles. The highest BCUT2D eigenvalue weighted by atomic mass is 32.2. The fourth-order valence-corrected chi connectivity index (χ4v) is 2.37. The summed E-state index contributed by atoms with van der Waals surface area (Å²) < 4.78 is 28.2. The number of sulfone groups is 1. The van der Waals surface area contributed by atoms with Gasteiger partial charge in [0, 0.05) is 11.3 Å². The van der Waals surface area contributed by atoms with E-state index in [1.165, 1.54) is 21.0 Å². The minimum absolute atomic E-state index is 0.0317. The molecule has 0 heterocycles. The Morgan fingerprint density at radius 2 is 1.82 bits per heavy atom. The zero-order valence-corrected chi connectivity index (χ0v) is 11.0. The average Bonchev–Trinajstić information content (AvgIpc) is 2.37. The summed E-state index contributed by atoms with van der Waals surface area (Å²) in [5.74, 6) is 0.220. The molecular formula is C12H16O4S. The smallest absolute Gasteiger partial charge is 0.180 e. The molecule has 0 bridgehead atoms. The number of methoxy groups -OCH3 is 1. The number of Topliss-reactive ketones (excluding diaryl/α,β-unsaturated/α-hetero) is 1. The highest BCUT2D eigenvalue weighted by Gasteiger charge is 2.26. The summed E-state index contributed by atoms with van der Waals surface area (Å²) in [6.07, 6.45) is 0. The molecule has 94 valence electrons. The van der Waals surface area contributed by atoms with Gasteiger partial charge in [-0.2, -0.15) is 0 Å². The van der Waals surface area contributed by atoms with Crippen LogP contribution >= 0.6 is 0 Å². The molecule has 0 saturated carbocycles. The van der Waals surface area contributed by atoms with Crippen molar-refractivity contribution in [2.24, 2.45) is 0 Å². The van der Waals surface area contributed by atoms with Crippen molar-refractivity contribution >= 4 is 15.6 Å². The van der Waals surface area contributed by atoms with E-state index in [1.54, 1.807) is 24.3 Å². The molecule has 1 aromatic rings. The lowest BCUT2D eigenvalue weighted by Gasteiger charge is -2.10. The van der Waals surface area contributed by atoms with Gasteiger partial charge in [0.05, 0.1) is 7.11 Å². The molecule has 0 unspecified atom stereocenters. The maximum Gasteiger partial charge on any atom is 0.180 e. The first-order valence-electron chi connectivity index (χ1n) is 5.32. The van der Waals surface area contributed by atoms with Gasteiger partial charge in [-0.15, -0.1) is 0 Å². The van der Waals surface area contributed by atoms with Crippen LogP contribution in [0, 0.1) is 0 Å². The summed E-state index contributed by atoms with van der Waals surface area (Å²) in [7, 11) is -1.81. The van der Waals surface area contributed by atoms with Crippen LogP contribution in [0.2, 0.25) is 0 Å². The van der Waals surface area contributed by atoms with E-state index in [9.17, 15) is 13.2 Å². The van der Waals surface area contributed by atoms with Crippen LogP contribution in [0.5, 0.6) is 5.75 Å². The van der Waals surface area contributed by atoms with Gasteiger partial charge in [-0.1, -0.05) is 6.92 Å². The molecule has 1 aromatic carbocycles. The third-order valence-corrected chi connectivity index (χ3v) is 4.78. The van der Waals surface area contributed by atoms with Gasteiger partial charge in [0.2, 0.25) is 0 Å². The van der Waals surface area contributed by atoms with E-state index in [4.69, 9.17) is 4.74 Å². The van der Waals surface area contributed by atoms with Crippen molar-refractivity contribution in [3.05, 3.63) is 29.8 Å². The Bertz CT molecular complexity index is 488. The predicted molar refractivity (Wildman–Crippen MR) is 66.2 cm³/mol. The topological polar surface area (TPSA) is 60.4 Å². The summed E-state index contributed by atoms with van der Waals surface area (Å²) >= 11 is 0.